The van der Waals surface area contributed by atoms with Gasteiger partial charge in [0.1, 0.15) is 0 Å². The van der Waals surface area contributed by atoms with E-state index in [1.165, 1.54) is 0 Å². The van der Waals surface area contributed by atoms with Crippen molar-refractivity contribution in [1.29, 1.82) is 0 Å². The average molecular weight is 340 g/mol. The fraction of sp³-hybridized carbons (Fsp3) is 0.500. The first-order chi connectivity index (χ1) is 11.3. The van der Waals surface area contributed by atoms with Gasteiger partial charge in [0, 0.05) is 0 Å². The minimum atomic E-state index is -1.02. The number of carbonyl (C=O) groups is 4. The summed E-state index contributed by atoms with van der Waals surface area (Å²) in [5.41, 5.74) is 0. The Hall–Kier alpha value is -2.64. The molecule has 0 aromatic rings. The first-order valence-corrected chi connectivity index (χ1v) is 7.46. The van der Waals surface area contributed by atoms with Crippen molar-refractivity contribution >= 4 is 23.9 Å². The number of aliphatic carboxylic acids is 4. The van der Waals surface area contributed by atoms with E-state index >= 15 is 0 Å². The highest BCUT2D eigenvalue weighted by atomic mass is 16.4. The molecule has 0 fully saturated rings. The molecule has 0 saturated carbocycles. The van der Waals surface area contributed by atoms with Crippen molar-refractivity contribution < 1.29 is 39.6 Å². The van der Waals surface area contributed by atoms with Gasteiger partial charge < -0.3 is 20.4 Å². The highest BCUT2D eigenvalue weighted by Gasteiger charge is 2.34. The molecule has 24 heavy (non-hydrogen) atoms. The van der Waals surface area contributed by atoms with Crippen molar-refractivity contribution in [2.45, 2.75) is 25.7 Å². The van der Waals surface area contributed by atoms with Crippen molar-refractivity contribution in [3.05, 3.63) is 24.3 Å². The van der Waals surface area contributed by atoms with Gasteiger partial charge in [0.25, 0.3) is 0 Å². The molecule has 8 nitrogen and oxygen atoms in total. The molecule has 8 heteroatoms. The van der Waals surface area contributed by atoms with E-state index in [2.05, 4.69) is 0 Å². The summed E-state index contributed by atoms with van der Waals surface area (Å²) in [6.07, 6.45) is 8.18. The van der Waals surface area contributed by atoms with Crippen LogP contribution in [0.5, 0.6) is 0 Å². The predicted molar refractivity (Wildman–Crippen MR) is 81.3 cm³/mol. The van der Waals surface area contributed by atoms with Crippen LogP contribution in [0.3, 0.4) is 0 Å². The van der Waals surface area contributed by atoms with Crippen molar-refractivity contribution in [3.63, 3.8) is 0 Å². The Balaban J connectivity index is 0.000000240. The molecule has 0 radical (unpaired) electrons. The highest BCUT2D eigenvalue weighted by Crippen LogP contribution is 2.26. The van der Waals surface area contributed by atoms with Crippen molar-refractivity contribution in [1.82, 2.24) is 0 Å². The topological polar surface area (TPSA) is 149 Å². The molecule has 0 saturated heterocycles. The molecule has 0 bridgehead atoms. The highest BCUT2D eigenvalue weighted by molar-refractivity contribution is 5.81. The second-order valence-electron chi connectivity index (χ2n) is 5.66. The summed E-state index contributed by atoms with van der Waals surface area (Å²) >= 11 is 0. The van der Waals surface area contributed by atoms with E-state index in [0.717, 1.165) is 0 Å². The van der Waals surface area contributed by atoms with Gasteiger partial charge in [-0.15, -0.1) is 0 Å². The SMILES string of the molecule is O=C(O)[C@@H]1CC=CC[C@H]1C(=O)O.O=C(O)[C@H]1CC=CC[C@@H]1C(=O)O. The van der Waals surface area contributed by atoms with Crippen LogP contribution in [0, 0.1) is 23.7 Å². The monoisotopic (exact) mass is 340 g/mol. The van der Waals surface area contributed by atoms with Gasteiger partial charge in [-0.05, 0) is 25.7 Å². The molecule has 0 heterocycles. The van der Waals surface area contributed by atoms with E-state index in [0.29, 0.717) is 25.7 Å². The molecule has 2 aliphatic rings. The van der Waals surface area contributed by atoms with Crippen LogP contribution in [-0.4, -0.2) is 44.3 Å². The van der Waals surface area contributed by atoms with Crippen molar-refractivity contribution in [2.24, 2.45) is 23.7 Å². The molecule has 4 N–H and O–H groups in total. The molecular formula is C16H20O8. The van der Waals surface area contributed by atoms with Crippen molar-refractivity contribution in [2.75, 3.05) is 0 Å². The lowest BCUT2D eigenvalue weighted by Crippen LogP contribution is -2.30. The van der Waals surface area contributed by atoms with Crippen LogP contribution in [0.1, 0.15) is 25.7 Å². The summed E-state index contributed by atoms with van der Waals surface area (Å²) < 4.78 is 0. The van der Waals surface area contributed by atoms with Crippen LogP contribution < -0.4 is 0 Å². The van der Waals surface area contributed by atoms with Crippen LogP contribution in [0.25, 0.3) is 0 Å². The zero-order chi connectivity index (χ0) is 18.3. The van der Waals surface area contributed by atoms with E-state index in [9.17, 15) is 19.2 Å². The Kier molecular flexibility index (Phi) is 7.16. The first kappa shape index (κ1) is 19.4. The quantitative estimate of drug-likeness (QED) is 0.562. The second-order valence-corrected chi connectivity index (χ2v) is 5.66. The number of hydrogen-bond donors (Lipinski definition) is 4. The lowest BCUT2D eigenvalue weighted by Gasteiger charge is -2.20. The van der Waals surface area contributed by atoms with Gasteiger partial charge >= 0.3 is 23.9 Å². The number of carboxylic acids is 4. The Morgan fingerprint density at radius 2 is 0.667 bits per heavy atom. The predicted octanol–water partition coefficient (Wildman–Crippen LogP) is 1.48. The lowest BCUT2D eigenvalue weighted by atomic mass is 9.83. The smallest absolute Gasteiger partial charge is 0.307 e. The standard InChI is InChI=1S/2C8H10O4/c2*9-7(10)5-3-1-2-4-6(5)8(11)12/h2*1-2,5-6H,3-4H2,(H,9,10)(H,11,12)/t2*5-,6-/m10/s1. The number of carboxylic acid groups (broad SMARTS) is 4. The normalized spacial score (nSPS) is 28.3. The summed E-state index contributed by atoms with van der Waals surface area (Å²) in [7, 11) is 0. The Morgan fingerprint density at radius 3 is 0.792 bits per heavy atom. The molecule has 2 rings (SSSR count). The van der Waals surface area contributed by atoms with Crippen LogP contribution >= 0.6 is 0 Å². The molecule has 132 valence electrons. The maximum atomic E-state index is 10.6. The van der Waals surface area contributed by atoms with Crippen LogP contribution in [0.2, 0.25) is 0 Å². The second kappa shape index (κ2) is 8.85. The van der Waals surface area contributed by atoms with Gasteiger partial charge in [-0.3, -0.25) is 19.2 Å². The Bertz CT molecular complexity index is 464. The zero-order valence-corrected chi connectivity index (χ0v) is 12.9. The lowest BCUT2D eigenvalue weighted by molar-refractivity contribution is -0.153. The largest absolute Gasteiger partial charge is 0.481 e. The maximum Gasteiger partial charge on any atom is 0.307 e. The summed E-state index contributed by atoms with van der Waals surface area (Å²) in [6.45, 7) is 0. The number of allylic oxidation sites excluding steroid dienone is 4. The van der Waals surface area contributed by atoms with E-state index in [1.54, 1.807) is 24.3 Å². The molecular weight excluding hydrogens is 320 g/mol. The molecule has 0 aromatic heterocycles. The maximum absolute atomic E-state index is 10.6. The molecule has 0 amide bonds. The zero-order valence-electron chi connectivity index (χ0n) is 12.9. The molecule has 0 spiro atoms. The van der Waals surface area contributed by atoms with E-state index in [1.807, 2.05) is 0 Å². The molecule has 0 aliphatic heterocycles. The molecule has 2 aliphatic carbocycles. The summed E-state index contributed by atoms with van der Waals surface area (Å²) in [4.78, 5) is 42.3. The van der Waals surface area contributed by atoms with E-state index < -0.39 is 47.5 Å². The first-order valence-electron chi connectivity index (χ1n) is 7.46. The Morgan fingerprint density at radius 1 is 0.500 bits per heavy atom. The van der Waals surface area contributed by atoms with E-state index in [-0.39, 0.29) is 0 Å². The van der Waals surface area contributed by atoms with Gasteiger partial charge in [-0.2, -0.15) is 0 Å². The van der Waals surface area contributed by atoms with Gasteiger partial charge in [-0.1, -0.05) is 24.3 Å². The minimum Gasteiger partial charge on any atom is -0.481 e. The van der Waals surface area contributed by atoms with Crippen LogP contribution in [-0.2, 0) is 19.2 Å². The number of hydrogen-bond acceptors (Lipinski definition) is 4. The molecule has 0 aromatic carbocycles. The molecule has 0 unspecified atom stereocenters. The third kappa shape index (κ3) is 5.22. The van der Waals surface area contributed by atoms with Gasteiger partial charge in [-0.25, -0.2) is 0 Å². The Labute approximate surface area is 138 Å². The third-order valence-electron chi connectivity index (χ3n) is 4.13. The van der Waals surface area contributed by atoms with Gasteiger partial charge in [0.2, 0.25) is 0 Å². The molecule has 4 atom stereocenters. The number of rotatable bonds is 4. The summed E-state index contributed by atoms with van der Waals surface area (Å²) in [5.74, 6) is -7.11. The summed E-state index contributed by atoms with van der Waals surface area (Å²) in [6, 6.07) is 0. The average Bonchev–Trinajstić information content (AvgIpc) is 2.55. The fourth-order valence-electron chi connectivity index (χ4n) is 2.72. The van der Waals surface area contributed by atoms with Crippen LogP contribution in [0.4, 0.5) is 0 Å². The van der Waals surface area contributed by atoms with Gasteiger partial charge in [0.15, 0.2) is 0 Å². The van der Waals surface area contributed by atoms with Gasteiger partial charge in [0.05, 0.1) is 23.7 Å². The van der Waals surface area contributed by atoms with E-state index in [4.69, 9.17) is 20.4 Å². The minimum absolute atomic E-state index is 0.326. The van der Waals surface area contributed by atoms with Crippen molar-refractivity contribution in [3.8, 4) is 0 Å². The summed E-state index contributed by atoms with van der Waals surface area (Å²) in [5, 5.41) is 34.6. The third-order valence-corrected chi connectivity index (χ3v) is 4.13. The fourth-order valence-corrected chi connectivity index (χ4v) is 2.72. The van der Waals surface area contributed by atoms with Crippen LogP contribution in [0.15, 0.2) is 24.3 Å².